The lowest BCUT2D eigenvalue weighted by atomic mass is 10.0. The lowest BCUT2D eigenvalue weighted by Crippen LogP contribution is -2.50. The molecule has 5 heteroatoms. The van der Waals surface area contributed by atoms with E-state index in [-0.39, 0.29) is 11.5 Å². The molecule has 2 aromatic rings. The van der Waals surface area contributed by atoms with Gasteiger partial charge < -0.3 is 15.4 Å². The molecule has 5 nitrogen and oxygen atoms in total. The molecule has 1 fully saturated rings. The summed E-state index contributed by atoms with van der Waals surface area (Å²) >= 11 is 0. The van der Waals surface area contributed by atoms with Crippen LogP contribution in [0, 0.1) is 0 Å². The second-order valence-corrected chi connectivity index (χ2v) is 5.94. The minimum absolute atomic E-state index is 0.0184. The van der Waals surface area contributed by atoms with Gasteiger partial charge in [0.05, 0.1) is 17.8 Å². The summed E-state index contributed by atoms with van der Waals surface area (Å²) in [4.78, 5) is 18.8. The maximum absolute atomic E-state index is 12.8. The largest absolute Gasteiger partial charge is 0.383 e. The summed E-state index contributed by atoms with van der Waals surface area (Å²) in [7, 11) is 0. The molecule has 2 heterocycles. The van der Waals surface area contributed by atoms with Gasteiger partial charge in [-0.15, -0.1) is 0 Å². The molecule has 1 saturated heterocycles. The van der Waals surface area contributed by atoms with E-state index in [0.29, 0.717) is 31.1 Å². The van der Waals surface area contributed by atoms with Gasteiger partial charge in [-0.3, -0.25) is 4.79 Å². The van der Waals surface area contributed by atoms with Gasteiger partial charge in [0.2, 0.25) is 0 Å². The summed E-state index contributed by atoms with van der Waals surface area (Å²) in [5, 5.41) is 1.66. The van der Waals surface area contributed by atoms with Crippen LogP contribution in [-0.4, -0.2) is 41.1 Å². The number of rotatable bonds is 1. The van der Waals surface area contributed by atoms with Gasteiger partial charge in [0.1, 0.15) is 5.82 Å². The van der Waals surface area contributed by atoms with Crippen molar-refractivity contribution in [3.63, 3.8) is 0 Å². The Labute approximate surface area is 123 Å². The maximum atomic E-state index is 12.8. The van der Waals surface area contributed by atoms with Crippen LogP contribution in [0.2, 0.25) is 0 Å². The van der Waals surface area contributed by atoms with Crippen molar-refractivity contribution >= 4 is 22.5 Å². The number of carbonyl (C=O) groups excluding carboxylic acids is 1. The quantitative estimate of drug-likeness (QED) is 0.871. The SMILES string of the molecule is CC1(C)CN(C(=O)c2cnc(N)c3ccccc23)CCO1. The van der Waals surface area contributed by atoms with Crippen molar-refractivity contribution < 1.29 is 9.53 Å². The van der Waals surface area contributed by atoms with Crippen LogP contribution in [0.1, 0.15) is 24.2 Å². The summed E-state index contributed by atoms with van der Waals surface area (Å²) < 4.78 is 5.66. The highest BCUT2D eigenvalue weighted by Crippen LogP contribution is 2.25. The van der Waals surface area contributed by atoms with E-state index in [0.717, 1.165) is 10.8 Å². The molecular weight excluding hydrogens is 266 g/mol. The van der Waals surface area contributed by atoms with Gasteiger partial charge in [0.25, 0.3) is 5.91 Å². The van der Waals surface area contributed by atoms with E-state index in [1.54, 1.807) is 6.20 Å². The van der Waals surface area contributed by atoms with Crippen LogP contribution in [0.15, 0.2) is 30.5 Å². The zero-order valence-corrected chi connectivity index (χ0v) is 12.3. The number of amides is 1. The topological polar surface area (TPSA) is 68.5 Å². The molecule has 0 aliphatic carbocycles. The molecule has 2 N–H and O–H groups in total. The van der Waals surface area contributed by atoms with E-state index in [4.69, 9.17) is 10.5 Å². The smallest absolute Gasteiger partial charge is 0.256 e. The van der Waals surface area contributed by atoms with Crippen molar-refractivity contribution in [2.24, 2.45) is 0 Å². The van der Waals surface area contributed by atoms with Crippen LogP contribution < -0.4 is 5.73 Å². The van der Waals surface area contributed by atoms with Crippen LogP contribution in [-0.2, 0) is 4.74 Å². The fraction of sp³-hybridized carbons (Fsp3) is 0.375. The van der Waals surface area contributed by atoms with Crippen molar-refractivity contribution in [1.82, 2.24) is 9.88 Å². The number of morpholine rings is 1. The molecule has 0 radical (unpaired) electrons. The van der Waals surface area contributed by atoms with Crippen LogP contribution in [0.5, 0.6) is 0 Å². The molecule has 1 aromatic carbocycles. The van der Waals surface area contributed by atoms with Gasteiger partial charge in [-0.1, -0.05) is 24.3 Å². The molecule has 1 aromatic heterocycles. The van der Waals surface area contributed by atoms with E-state index >= 15 is 0 Å². The van der Waals surface area contributed by atoms with Crippen molar-refractivity contribution in [2.45, 2.75) is 19.4 Å². The van der Waals surface area contributed by atoms with E-state index in [2.05, 4.69) is 4.98 Å². The zero-order valence-electron chi connectivity index (χ0n) is 12.3. The second kappa shape index (κ2) is 5.00. The third-order valence-corrected chi connectivity index (χ3v) is 3.77. The van der Waals surface area contributed by atoms with Gasteiger partial charge in [-0.25, -0.2) is 4.98 Å². The summed E-state index contributed by atoms with van der Waals surface area (Å²) in [6, 6.07) is 7.60. The first kappa shape index (κ1) is 13.8. The third kappa shape index (κ3) is 2.56. The fourth-order valence-electron chi connectivity index (χ4n) is 2.75. The average molecular weight is 285 g/mol. The highest BCUT2D eigenvalue weighted by atomic mass is 16.5. The highest BCUT2D eigenvalue weighted by Gasteiger charge is 2.31. The van der Waals surface area contributed by atoms with Gasteiger partial charge in [-0.05, 0) is 19.2 Å². The number of fused-ring (bicyclic) bond motifs is 1. The van der Waals surface area contributed by atoms with Gasteiger partial charge in [-0.2, -0.15) is 0 Å². The maximum Gasteiger partial charge on any atom is 0.256 e. The number of nitrogen functional groups attached to an aromatic ring is 1. The molecule has 3 rings (SSSR count). The second-order valence-electron chi connectivity index (χ2n) is 5.94. The normalized spacial score (nSPS) is 17.9. The number of ether oxygens (including phenoxy) is 1. The number of hydrogen-bond donors (Lipinski definition) is 1. The number of anilines is 1. The number of benzene rings is 1. The molecule has 1 amide bonds. The van der Waals surface area contributed by atoms with Gasteiger partial charge in [0.15, 0.2) is 0 Å². The Morgan fingerprint density at radius 1 is 1.33 bits per heavy atom. The number of pyridine rings is 1. The molecule has 0 saturated carbocycles. The van der Waals surface area contributed by atoms with E-state index in [9.17, 15) is 4.79 Å². The third-order valence-electron chi connectivity index (χ3n) is 3.77. The van der Waals surface area contributed by atoms with Crippen molar-refractivity contribution in [3.05, 3.63) is 36.0 Å². The van der Waals surface area contributed by atoms with Crippen molar-refractivity contribution in [1.29, 1.82) is 0 Å². The van der Waals surface area contributed by atoms with Gasteiger partial charge in [0, 0.05) is 24.7 Å². The van der Waals surface area contributed by atoms with E-state index in [1.165, 1.54) is 0 Å². The van der Waals surface area contributed by atoms with E-state index < -0.39 is 0 Å². The van der Waals surface area contributed by atoms with E-state index in [1.807, 2.05) is 43.0 Å². The molecule has 1 aliphatic heterocycles. The first-order valence-electron chi connectivity index (χ1n) is 7.04. The Kier molecular flexibility index (Phi) is 3.29. The van der Waals surface area contributed by atoms with Crippen LogP contribution >= 0.6 is 0 Å². The number of carbonyl (C=O) groups is 1. The van der Waals surface area contributed by atoms with Crippen LogP contribution in [0.4, 0.5) is 5.82 Å². The Bertz CT molecular complexity index is 697. The van der Waals surface area contributed by atoms with Crippen molar-refractivity contribution in [2.75, 3.05) is 25.4 Å². The molecular formula is C16H19N3O2. The fourth-order valence-corrected chi connectivity index (χ4v) is 2.75. The van der Waals surface area contributed by atoms with Crippen LogP contribution in [0.3, 0.4) is 0 Å². The lowest BCUT2D eigenvalue weighted by Gasteiger charge is -2.38. The van der Waals surface area contributed by atoms with Crippen molar-refractivity contribution in [3.8, 4) is 0 Å². The minimum Gasteiger partial charge on any atom is -0.383 e. The summed E-state index contributed by atoms with van der Waals surface area (Å²) in [5.41, 5.74) is 6.17. The Morgan fingerprint density at radius 2 is 2.05 bits per heavy atom. The number of aromatic nitrogens is 1. The first-order valence-corrected chi connectivity index (χ1v) is 7.04. The summed E-state index contributed by atoms with van der Waals surface area (Å²) in [6.45, 7) is 5.71. The Balaban J connectivity index is 2.01. The van der Waals surface area contributed by atoms with Crippen LogP contribution in [0.25, 0.3) is 10.8 Å². The molecule has 0 bridgehead atoms. The first-order chi connectivity index (χ1) is 9.98. The molecule has 21 heavy (non-hydrogen) atoms. The number of nitrogens with two attached hydrogens (primary N) is 1. The zero-order chi connectivity index (χ0) is 15.0. The summed E-state index contributed by atoms with van der Waals surface area (Å²) in [5.74, 6) is 0.430. The van der Waals surface area contributed by atoms with Gasteiger partial charge >= 0.3 is 0 Å². The molecule has 0 atom stereocenters. The number of hydrogen-bond acceptors (Lipinski definition) is 4. The monoisotopic (exact) mass is 285 g/mol. The predicted molar refractivity (Wildman–Crippen MR) is 82.1 cm³/mol. The Hall–Kier alpha value is -2.14. The Morgan fingerprint density at radius 3 is 2.76 bits per heavy atom. The predicted octanol–water partition coefficient (Wildman–Crippen LogP) is 2.07. The standard InChI is InChI=1S/C16H19N3O2/c1-16(2)10-19(7-8-21-16)15(20)13-9-18-14(17)12-6-4-3-5-11(12)13/h3-6,9H,7-8,10H2,1-2H3,(H2,17,18). The number of nitrogens with zero attached hydrogens (tertiary/aromatic N) is 2. The highest BCUT2D eigenvalue weighted by molar-refractivity contribution is 6.09. The molecule has 1 aliphatic rings. The summed E-state index contributed by atoms with van der Waals surface area (Å²) in [6.07, 6.45) is 1.57. The minimum atomic E-state index is -0.315. The molecule has 0 unspecified atom stereocenters. The average Bonchev–Trinajstić information content (AvgIpc) is 2.46. The molecule has 110 valence electrons. The molecule has 0 spiro atoms. The lowest BCUT2D eigenvalue weighted by molar-refractivity contribution is -0.0763.